The van der Waals surface area contributed by atoms with Gasteiger partial charge in [0.25, 0.3) is 0 Å². The molecule has 0 atom stereocenters. The molecule has 4 nitrogen and oxygen atoms in total. The quantitative estimate of drug-likeness (QED) is 0.616. The fourth-order valence-electron chi connectivity index (χ4n) is 1.84. The van der Waals surface area contributed by atoms with Crippen LogP contribution in [0, 0.1) is 3.57 Å². The molecule has 1 aliphatic rings. The number of hydrogen-bond donors (Lipinski definition) is 0. The van der Waals surface area contributed by atoms with E-state index in [0.29, 0.717) is 5.75 Å². The molecule has 2 aromatic rings. The molecule has 3 rings (SSSR count). The highest BCUT2D eigenvalue weighted by Crippen LogP contribution is 2.33. The first kappa shape index (κ1) is 12.7. The van der Waals surface area contributed by atoms with Gasteiger partial charge in [-0.1, -0.05) is 0 Å². The Kier molecular flexibility index (Phi) is 3.30. The molecule has 0 saturated heterocycles. The topological polar surface area (TPSA) is 48.4 Å². The Morgan fingerprint density at radius 3 is 2.84 bits per heavy atom. The average Bonchev–Trinajstić information content (AvgIpc) is 3.22. The second kappa shape index (κ2) is 4.96. The maximum atomic E-state index is 11.6. The van der Waals surface area contributed by atoms with Crippen LogP contribution in [0.25, 0.3) is 10.9 Å². The molecule has 1 aliphatic carbocycles. The summed E-state index contributed by atoms with van der Waals surface area (Å²) in [5.74, 6) is 0.271. The van der Waals surface area contributed by atoms with Gasteiger partial charge >= 0.3 is 5.97 Å². The smallest absolute Gasteiger partial charge is 0.356 e. The van der Waals surface area contributed by atoms with Crippen molar-refractivity contribution >= 4 is 39.5 Å². The van der Waals surface area contributed by atoms with Crippen LogP contribution >= 0.6 is 22.6 Å². The van der Waals surface area contributed by atoms with E-state index in [9.17, 15) is 4.79 Å². The Labute approximate surface area is 124 Å². The minimum absolute atomic E-state index is 0.272. The van der Waals surface area contributed by atoms with Crippen LogP contribution in [0.15, 0.2) is 24.3 Å². The number of methoxy groups -OCH3 is 1. The number of carbonyl (C=O) groups excluding carboxylic acids is 1. The summed E-state index contributed by atoms with van der Waals surface area (Å²) in [4.78, 5) is 16.0. The predicted octanol–water partition coefficient (Wildman–Crippen LogP) is 3.17. The molecule has 0 amide bonds. The van der Waals surface area contributed by atoms with Crippen LogP contribution in [0.4, 0.5) is 0 Å². The lowest BCUT2D eigenvalue weighted by Crippen LogP contribution is -2.06. The fourth-order valence-corrected chi connectivity index (χ4v) is 2.33. The second-order valence-electron chi connectivity index (χ2n) is 4.48. The van der Waals surface area contributed by atoms with Crippen LogP contribution in [0.5, 0.6) is 5.75 Å². The normalized spacial score (nSPS) is 14.4. The van der Waals surface area contributed by atoms with E-state index in [1.165, 1.54) is 7.11 Å². The summed E-state index contributed by atoms with van der Waals surface area (Å²) >= 11 is 2.25. The van der Waals surface area contributed by atoms with Gasteiger partial charge in [0.1, 0.15) is 5.75 Å². The van der Waals surface area contributed by atoms with E-state index >= 15 is 0 Å². The van der Waals surface area contributed by atoms with Crippen molar-refractivity contribution in [1.29, 1.82) is 0 Å². The standard InChI is InChI=1S/C14H12INO3/c1-18-14(17)12-7-13(19-9-3-4-9)10-6-8(15)2-5-11(10)16-12/h2,5-7,9H,3-4H2,1H3. The van der Waals surface area contributed by atoms with E-state index in [1.54, 1.807) is 6.07 Å². The van der Waals surface area contributed by atoms with Crippen molar-refractivity contribution in [3.8, 4) is 5.75 Å². The van der Waals surface area contributed by atoms with Crippen molar-refractivity contribution in [2.45, 2.75) is 18.9 Å². The van der Waals surface area contributed by atoms with Gasteiger partial charge in [-0.3, -0.25) is 0 Å². The molecule has 0 spiro atoms. The van der Waals surface area contributed by atoms with E-state index in [4.69, 9.17) is 9.47 Å². The largest absolute Gasteiger partial charge is 0.490 e. The molecule has 1 saturated carbocycles. The first-order valence-electron chi connectivity index (χ1n) is 6.02. The highest BCUT2D eigenvalue weighted by molar-refractivity contribution is 14.1. The number of hydrogen-bond acceptors (Lipinski definition) is 4. The number of carbonyl (C=O) groups is 1. The van der Waals surface area contributed by atoms with E-state index in [1.807, 2.05) is 18.2 Å². The Balaban J connectivity index is 2.15. The first-order chi connectivity index (χ1) is 9.17. The fraction of sp³-hybridized carbons (Fsp3) is 0.286. The van der Waals surface area contributed by atoms with E-state index in [0.717, 1.165) is 27.3 Å². The molecule has 0 unspecified atom stereocenters. The molecule has 0 radical (unpaired) electrons. The molecule has 1 aromatic heterocycles. The van der Waals surface area contributed by atoms with Crippen molar-refractivity contribution in [2.75, 3.05) is 7.11 Å². The molecule has 0 aliphatic heterocycles. The van der Waals surface area contributed by atoms with E-state index < -0.39 is 5.97 Å². The lowest BCUT2D eigenvalue weighted by molar-refractivity contribution is 0.0594. The number of pyridine rings is 1. The number of rotatable bonds is 3. The Bertz CT molecular complexity index is 652. The number of benzene rings is 1. The monoisotopic (exact) mass is 369 g/mol. The Morgan fingerprint density at radius 1 is 1.37 bits per heavy atom. The molecule has 19 heavy (non-hydrogen) atoms. The SMILES string of the molecule is COC(=O)c1cc(OC2CC2)c2cc(I)ccc2n1. The molecule has 98 valence electrons. The highest BCUT2D eigenvalue weighted by atomic mass is 127. The van der Waals surface area contributed by atoms with Crippen LogP contribution < -0.4 is 4.74 Å². The van der Waals surface area contributed by atoms with Crippen LogP contribution in [0.1, 0.15) is 23.3 Å². The van der Waals surface area contributed by atoms with Gasteiger partial charge in [-0.25, -0.2) is 9.78 Å². The number of esters is 1. The van der Waals surface area contributed by atoms with Gasteiger partial charge < -0.3 is 9.47 Å². The average molecular weight is 369 g/mol. The van der Waals surface area contributed by atoms with Gasteiger partial charge in [0, 0.05) is 15.0 Å². The third-order valence-electron chi connectivity index (χ3n) is 2.95. The Hall–Kier alpha value is -1.37. The van der Waals surface area contributed by atoms with E-state index in [-0.39, 0.29) is 11.8 Å². The maximum Gasteiger partial charge on any atom is 0.356 e. The predicted molar refractivity (Wildman–Crippen MR) is 79.4 cm³/mol. The second-order valence-corrected chi connectivity index (χ2v) is 5.72. The van der Waals surface area contributed by atoms with Gasteiger partial charge in [-0.2, -0.15) is 0 Å². The van der Waals surface area contributed by atoms with Crippen molar-refractivity contribution in [1.82, 2.24) is 4.98 Å². The third kappa shape index (κ3) is 2.65. The van der Waals surface area contributed by atoms with Crippen LogP contribution in [0.3, 0.4) is 0 Å². The first-order valence-corrected chi connectivity index (χ1v) is 7.10. The van der Waals surface area contributed by atoms with Gasteiger partial charge in [0.05, 0.1) is 18.7 Å². The van der Waals surface area contributed by atoms with Crippen LogP contribution in [-0.4, -0.2) is 24.2 Å². The summed E-state index contributed by atoms with van der Waals surface area (Å²) in [6.45, 7) is 0. The summed E-state index contributed by atoms with van der Waals surface area (Å²) in [5, 5.41) is 0.937. The zero-order chi connectivity index (χ0) is 13.4. The summed E-state index contributed by atoms with van der Waals surface area (Å²) in [7, 11) is 1.35. The van der Waals surface area contributed by atoms with Crippen LogP contribution in [0.2, 0.25) is 0 Å². The van der Waals surface area contributed by atoms with Gasteiger partial charge in [0.2, 0.25) is 0 Å². The summed E-state index contributed by atoms with van der Waals surface area (Å²) < 4.78 is 11.7. The summed E-state index contributed by atoms with van der Waals surface area (Å²) in [6.07, 6.45) is 2.41. The molecular formula is C14H12INO3. The van der Waals surface area contributed by atoms with Gasteiger partial charge in [-0.15, -0.1) is 0 Å². The number of nitrogens with zero attached hydrogens (tertiary/aromatic N) is 1. The molecule has 1 aromatic carbocycles. The zero-order valence-electron chi connectivity index (χ0n) is 10.4. The lowest BCUT2D eigenvalue weighted by atomic mass is 10.2. The summed E-state index contributed by atoms with van der Waals surface area (Å²) in [6, 6.07) is 7.53. The van der Waals surface area contributed by atoms with Crippen molar-refractivity contribution in [3.63, 3.8) is 0 Å². The number of fused-ring (bicyclic) bond motifs is 1. The third-order valence-corrected chi connectivity index (χ3v) is 3.62. The molecule has 1 fully saturated rings. The van der Waals surface area contributed by atoms with Crippen molar-refractivity contribution in [3.05, 3.63) is 33.5 Å². The highest BCUT2D eigenvalue weighted by Gasteiger charge is 2.25. The van der Waals surface area contributed by atoms with Gasteiger partial charge in [0.15, 0.2) is 5.69 Å². The Morgan fingerprint density at radius 2 is 2.16 bits per heavy atom. The lowest BCUT2D eigenvalue weighted by Gasteiger charge is -2.10. The van der Waals surface area contributed by atoms with Gasteiger partial charge in [-0.05, 0) is 53.6 Å². The maximum absolute atomic E-state index is 11.6. The molecular weight excluding hydrogens is 357 g/mol. The van der Waals surface area contributed by atoms with Crippen LogP contribution in [-0.2, 0) is 4.74 Å². The number of halogens is 1. The summed E-state index contributed by atoms with van der Waals surface area (Å²) in [5.41, 5.74) is 1.03. The van der Waals surface area contributed by atoms with Crippen molar-refractivity contribution < 1.29 is 14.3 Å². The molecule has 0 bridgehead atoms. The molecule has 5 heteroatoms. The molecule has 1 heterocycles. The minimum Gasteiger partial charge on any atom is -0.490 e. The van der Waals surface area contributed by atoms with E-state index in [2.05, 4.69) is 27.6 Å². The zero-order valence-corrected chi connectivity index (χ0v) is 12.5. The molecule has 0 N–H and O–H groups in total. The van der Waals surface area contributed by atoms with Crippen molar-refractivity contribution in [2.24, 2.45) is 0 Å². The number of aromatic nitrogens is 1. The minimum atomic E-state index is -0.443. The number of ether oxygens (including phenoxy) is 2.